The van der Waals surface area contributed by atoms with Gasteiger partial charge in [0.1, 0.15) is 10.6 Å². The molecule has 0 aliphatic carbocycles. The van der Waals surface area contributed by atoms with E-state index in [1.54, 1.807) is 13.8 Å². The lowest BCUT2D eigenvalue weighted by Gasteiger charge is -2.20. The van der Waals surface area contributed by atoms with Crippen LogP contribution in [0.1, 0.15) is 35.3 Å². The van der Waals surface area contributed by atoms with Gasteiger partial charge in [-0.3, -0.25) is 4.79 Å². The maximum Gasteiger partial charge on any atom is 0.416 e. The summed E-state index contributed by atoms with van der Waals surface area (Å²) in [5.74, 6) is -0.362. The summed E-state index contributed by atoms with van der Waals surface area (Å²) in [6, 6.07) is 8.83. The fraction of sp³-hybridized carbons (Fsp3) is 0.381. The molecule has 170 valence electrons. The number of hydrogen-bond donors (Lipinski definition) is 1. The molecule has 0 aromatic heterocycles. The average molecular weight is 459 g/mol. The number of ether oxygens (including phenoxy) is 1. The van der Waals surface area contributed by atoms with Crippen molar-refractivity contribution in [3.63, 3.8) is 0 Å². The van der Waals surface area contributed by atoms with E-state index in [0.717, 1.165) is 12.1 Å². The number of carbonyl (C=O) groups excluding carboxylic acids is 1. The fourth-order valence-corrected chi connectivity index (χ4v) is 4.64. The Morgan fingerprint density at radius 3 is 2.19 bits per heavy atom. The molecule has 0 saturated carbocycles. The second-order valence-electron chi connectivity index (χ2n) is 6.66. The van der Waals surface area contributed by atoms with Crippen LogP contribution in [0, 0.1) is 0 Å². The van der Waals surface area contributed by atoms with Gasteiger partial charge in [-0.05, 0) is 42.3 Å². The van der Waals surface area contributed by atoms with Crippen LogP contribution in [-0.4, -0.2) is 45.4 Å². The minimum atomic E-state index is -4.40. The molecule has 10 heteroatoms. The van der Waals surface area contributed by atoms with Crippen LogP contribution < -0.4 is 10.1 Å². The van der Waals surface area contributed by atoms with Crippen LogP contribution >= 0.6 is 0 Å². The summed E-state index contributed by atoms with van der Waals surface area (Å²) in [5, 5.41) is 2.66. The Bertz CT molecular complexity index is 1000. The quantitative estimate of drug-likeness (QED) is 0.622. The molecule has 0 heterocycles. The summed E-state index contributed by atoms with van der Waals surface area (Å²) >= 11 is 0. The highest BCUT2D eigenvalue weighted by atomic mass is 32.2. The first-order chi connectivity index (χ1) is 14.5. The number of nitrogens with one attached hydrogen (secondary N) is 1. The van der Waals surface area contributed by atoms with Gasteiger partial charge in [0.05, 0.1) is 12.7 Å². The lowest BCUT2D eigenvalue weighted by Crippen LogP contribution is -2.31. The molecule has 2 rings (SSSR count). The Morgan fingerprint density at radius 2 is 1.68 bits per heavy atom. The number of benzene rings is 2. The number of hydrogen-bond acceptors (Lipinski definition) is 4. The van der Waals surface area contributed by atoms with E-state index in [4.69, 9.17) is 4.74 Å². The molecule has 0 unspecified atom stereocenters. The van der Waals surface area contributed by atoms with Gasteiger partial charge in [-0.15, -0.1) is 0 Å². The van der Waals surface area contributed by atoms with Crippen LogP contribution in [0.4, 0.5) is 13.2 Å². The van der Waals surface area contributed by atoms with Gasteiger partial charge in [0.25, 0.3) is 5.91 Å². The van der Waals surface area contributed by atoms with Crippen molar-refractivity contribution in [2.75, 3.05) is 26.7 Å². The summed E-state index contributed by atoms with van der Waals surface area (Å²) in [6.45, 7) is 4.14. The molecule has 0 aliphatic heterocycles. The summed E-state index contributed by atoms with van der Waals surface area (Å²) < 4.78 is 70.0. The first-order valence-electron chi connectivity index (χ1n) is 9.67. The maximum absolute atomic E-state index is 12.9. The van der Waals surface area contributed by atoms with Crippen LogP contribution in [-0.2, 0) is 22.6 Å². The first kappa shape index (κ1) is 24.7. The van der Waals surface area contributed by atoms with Crippen LogP contribution in [0.2, 0.25) is 0 Å². The van der Waals surface area contributed by atoms with Gasteiger partial charge < -0.3 is 10.1 Å². The molecule has 0 aliphatic rings. The van der Waals surface area contributed by atoms with Crippen molar-refractivity contribution in [2.45, 2.75) is 31.3 Å². The highest BCUT2D eigenvalue weighted by Crippen LogP contribution is 2.29. The number of amides is 1. The van der Waals surface area contributed by atoms with Crippen LogP contribution in [0.3, 0.4) is 0 Å². The fourth-order valence-electron chi connectivity index (χ4n) is 3.00. The third-order valence-electron chi connectivity index (χ3n) is 4.73. The predicted octanol–water partition coefficient (Wildman–Crippen LogP) is 3.72. The van der Waals surface area contributed by atoms with E-state index in [0.29, 0.717) is 12.0 Å². The highest BCUT2D eigenvalue weighted by Gasteiger charge is 2.30. The zero-order valence-electron chi connectivity index (χ0n) is 17.5. The van der Waals surface area contributed by atoms with E-state index in [9.17, 15) is 26.4 Å². The zero-order valence-corrected chi connectivity index (χ0v) is 18.3. The Morgan fingerprint density at radius 1 is 1.06 bits per heavy atom. The van der Waals surface area contributed by atoms with Gasteiger partial charge in [0.2, 0.25) is 10.0 Å². The number of nitrogens with zero attached hydrogens (tertiary/aromatic N) is 1. The van der Waals surface area contributed by atoms with Crippen LogP contribution in [0.15, 0.2) is 47.4 Å². The molecule has 1 amide bonds. The van der Waals surface area contributed by atoms with E-state index in [1.807, 2.05) is 0 Å². The molecule has 1 N–H and O–H groups in total. The normalized spacial score (nSPS) is 12.1. The topological polar surface area (TPSA) is 75.7 Å². The van der Waals surface area contributed by atoms with Crippen molar-refractivity contribution in [1.82, 2.24) is 9.62 Å². The monoisotopic (exact) mass is 458 g/mol. The molecule has 0 bridgehead atoms. The first-order valence-corrected chi connectivity index (χ1v) is 11.1. The number of sulfonamides is 1. The average Bonchev–Trinajstić information content (AvgIpc) is 2.73. The van der Waals surface area contributed by atoms with Crippen LogP contribution in [0.5, 0.6) is 5.75 Å². The second kappa shape index (κ2) is 10.1. The van der Waals surface area contributed by atoms with Gasteiger partial charge in [-0.2, -0.15) is 17.5 Å². The third-order valence-corrected chi connectivity index (χ3v) is 6.80. The minimum Gasteiger partial charge on any atom is -0.495 e. The summed E-state index contributed by atoms with van der Waals surface area (Å²) in [4.78, 5) is 12.4. The van der Waals surface area contributed by atoms with Crippen molar-refractivity contribution in [3.05, 3.63) is 59.2 Å². The van der Waals surface area contributed by atoms with Gasteiger partial charge >= 0.3 is 6.18 Å². The molecule has 6 nitrogen and oxygen atoms in total. The number of rotatable bonds is 9. The molecule has 2 aromatic carbocycles. The number of halogens is 3. The Hall–Kier alpha value is -2.59. The molecule has 0 atom stereocenters. The number of alkyl halides is 3. The van der Waals surface area contributed by atoms with Gasteiger partial charge in [0.15, 0.2) is 0 Å². The van der Waals surface area contributed by atoms with E-state index in [-0.39, 0.29) is 35.8 Å². The molecule has 0 radical (unpaired) electrons. The minimum absolute atomic E-state index is 0.103. The third kappa shape index (κ3) is 5.98. The van der Waals surface area contributed by atoms with Crippen LogP contribution in [0.25, 0.3) is 0 Å². The Kier molecular flexibility index (Phi) is 8.08. The van der Waals surface area contributed by atoms with E-state index in [1.165, 1.54) is 41.7 Å². The molecule has 31 heavy (non-hydrogen) atoms. The van der Waals surface area contributed by atoms with E-state index < -0.39 is 27.7 Å². The summed E-state index contributed by atoms with van der Waals surface area (Å²) in [7, 11) is -2.50. The molecule has 0 spiro atoms. The maximum atomic E-state index is 12.9. The molecular formula is C21H25F3N2O4S. The van der Waals surface area contributed by atoms with Crippen molar-refractivity contribution in [1.29, 1.82) is 0 Å². The highest BCUT2D eigenvalue weighted by molar-refractivity contribution is 7.89. The Labute approximate surface area is 180 Å². The lowest BCUT2D eigenvalue weighted by atomic mass is 10.1. The number of carbonyl (C=O) groups is 1. The zero-order chi connectivity index (χ0) is 23.2. The van der Waals surface area contributed by atoms with Crippen molar-refractivity contribution < 1.29 is 31.1 Å². The molecule has 2 aromatic rings. The Balaban J connectivity index is 2.12. The van der Waals surface area contributed by atoms with E-state index in [2.05, 4.69) is 5.32 Å². The van der Waals surface area contributed by atoms with Gasteiger partial charge in [-0.1, -0.05) is 26.0 Å². The van der Waals surface area contributed by atoms with Crippen molar-refractivity contribution in [2.24, 2.45) is 0 Å². The SMILES string of the molecule is CCN(CC)S(=O)(=O)c1cc(C(=O)NCCc2ccc(C(F)(F)F)cc2)ccc1OC. The molecular weight excluding hydrogens is 433 g/mol. The summed E-state index contributed by atoms with van der Waals surface area (Å²) in [5.41, 5.74) is 0.0345. The largest absolute Gasteiger partial charge is 0.495 e. The number of methoxy groups -OCH3 is 1. The summed E-state index contributed by atoms with van der Waals surface area (Å²) in [6.07, 6.45) is -4.07. The van der Waals surface area contributed by atoms with Gasteiger partial charge in [-0.25, -0.2) is 8.42 Å². The van der Waals surface area contributed by atoms with Crippen molar-refractivity contribution >= 4 is 15.9 Å². The molecule has 0 fully saturated rings. The second-order valence-corrected chi connectivity index (χ2v) is 8.56. The molecule has 0 saturated heterocycles. The lowest BCUT2D eigenvalue weighted by molar-refractivity contribution is -0.137. The smallest absolute Gasteiger partial charge is 0.416 e. The van der Waals surface area contributed by atoms with Crippen molar-refractivity contribution in [3.8, 4) is 5.75 Å². The predicted molar refractivity (Wildman–Crippen MR) is 111 cm³/mol. The standard InChI is InChI=1S/C21H25F3N2O4S/c1-4-26(5-2)31(28,29)19-14-16(8-11-18(19)30-3)20(27)25-13-12-15-6-9-17(10-7-15)21(22,23)24/h6-11,14H,4-5,12-13H2,1-3H3,(H,25,27). The van der Waals surface area contributed by atoms with Gasteiger partial charge in [0, 0.05) is 25.2 Å². The van der Waals surface area contributed by atoms with E-state index >= 15 is 0 Å².